The number of benzene rings is 1. The van der Waals surface area contributed by atoms with Gasteiger partial charge >= 0.3 is 0 Å². The predicted molar refractivity (Wildman–Crippen MR) is 114 cm³/mol. The van der Waals surface area contributed by atoms with Crippen LogP contribution < -0.4 is 10.6 Å². The van der Waals surface area contributed by atoms with Crippen LogP contribution in [0.15, 0.2) is 35.3 Å². The number of likely N-dealkylation sites (tertiary alicyclic amines) is 1. The number of halogens is 1. The van der Waals surface area contributed by atoms with Gasteiger partial charge in [-0.05, 0) is 50.9 Å². The summed E-state index contributed by atoms with van der Waals surface area (Å²) in [4.78, 5) is 6.90. The van der Waals surface area contributed by atoms with Gasteiger partial charge in [-0.1, -0.05) is 43.2 Å². The third-order valence-corrected chi connectivity index (χ3v) is 4.42. The fourth-order valence-corrected chi connectivity index (χ4v) is 3.03. The van der Waals surface area contributed by atoms with Crippen molar-refractivity contribution in [1.29, 1.82) is 0 Å². The summed E-state index contributed by atoms with van der Waals surface area (Å²) in [6, 6.07) is 10.4. The molecule has 24 heavy (non-hydrogen) atoms. The van der Waals surface area contributed by atoms with Crippen LogP contribution in [0.2, 0.25) is 0 Å². The zero-order valence-electron chi connectivity index (χ0n) is 15.0. The smallest absolute Gasteiger partial charge is 0.191 e. The number of rotatable bonds is 8. The lowest BCUT2D eigenvalue weighted by Gasteiger charge is -2.26. The lowest BCUT2D eigenvalue weighted by Crippen LogP contribution is -2.37. The molecule has 1 aromatic carbocycles. The van der Waals surface area contributed by atoms with Crippen molar-refractivity contribution in [3.8, 4) is 0 Å². The molecule has 1 fully saturated rings. The monoisotopic (exact) mass is 444 g/mol. The Labute approximate surface area is 164 Å². The van der Waals surface area contributed by atoms with Crippen LogP contribution in [0.25, 0.3) is 0 Å². The summed E-state index contributed by atoms with van der Waals surface area (Å²) < 4.78 is 0. The molecule has 1 aliphatic heterocycles. The van der Waals surface area contributed by atoms with Gasteiger partial charge in [0.05, 0.1) is 0 Å². The molecule has 2 N–H and O–H groups in total. The molecule has 0 aliphatic carbocycles. The maximum atomic E-state index is 4.28. The van der Waals surface area contributed by atoms with Gasteiger partial charge in [0.15, 0.2) is 5.96 Å². The second-order valence-electron chi connectivity index (χ2n) is 6.30. The molecule has 1 heterocycles. The largest absolute Gasteiger partial charge is 0.356 e. The van der Waals surface area contributed by atoms with Gasteiger partial charge in [0.25, 0.3) is 0 Å². The molecule has 0 aromatic heterocycles. The van der Waals surface area contributed by atoms with Crippen LogP contribution >= 0.6 is 24.0 Å². The molecule has 2 rings (SSSR count). The Bertz CT molecular complexity index is 444. The van der Waals surface area contributed by atoms with Crippen LogP contribution in [0.5, 0.6) is 0 Å². The Morgan fingerprint density at radius 1 is 1.00 bits per heavy atom. The summed E-state index contributed by atoms with van der Waals surface area (Å²) in [7, 11) is 1.83. The zero-order chi connectivity index (χ0) is 16.2. The zero-order valence-corrected chi connectivity index (χ0v) is 17.3. The Hall–Kier alpha value is -0.820. The molecule has 136 valence electrons. The molecule has 0 unspecified atom stereocenters. The molecule has 1 aliphatic rings. The van der Waals surface area contributed by atoms with Crippen LogP contribution in [0.3, 0.4) is 0 Å². The van der Waals surface area contributed by atoms with E-state index in [0.717, 1.165) is 19.0 Å². The minimum atomic E-state index is 0. The summed E-state index contributed by atoms with van der Waals surface area (Å²) in [6.45, 7) is 5.72. The van der Waals surface area contributed by atoms with E-state index in [-0.39, 0.29) is 24.0 Å². The van der Waals surface area contributed by atoms with E-state index in [4.69, 9.17) is 0 Å². The first kappa shape index (κ1) is 21.2. The van der Waals surface area contributed by atoms with Crippen LogP contribution in [-0.2, 0) is 6.54 Å². The number of hydrogen-bond donors (Lipinski definition) is 2. The third kappa shape index (κ3) is 8.87. The van der Waals surface area contributed by atoms with Crippen molar-refractivity contribution in [2.45, 2.75) is 45.1 Å². The predicted octanol–water partition coefficient (Wildman–Crippen LogP) is 3.63. The van der Waals surface area contributed by atoms with E-state index in [1.807, 2.05) is 13.1 Å². The van der Waals surface area contributed by atoms with Gasteiger partial charge in [-0.3, -0.25) is 4.99 Å². The molecule has 4 nitrogen and oxygen atoms in total. The molecule has 0 radical (unpaired) electrons. The van der Waals surface area contributed by atoms with E-state index < -0.39 is 0 Å². The first-order valence-corrected chi connectivity index (χ1v) is 9.09. The maximum absolute atomic E-state index is 4.28. The second kappa shape index (κ2) is 13.5. The molecular formula is C19H33IN4. The molecule has 5 heteroatoms. The Morgan fingerprint density at radius 2 is 1.75 bits per heavy atom. The second-order valence-corrected chi connectivity index (χ2v) is 6.30. The molecule has 0 amide bonds. The number of piperidine rings is 1. The van der Waals surface area contributed by atoms with E-state index in [1.165, 1.54) is 63.7 Å². The van der Waals surface area contributed by atoms with Gasteiger partial charge in [-0.15, -0.1) is 24.0 Å². The highest BCUT2D eigenvalue weighted by Crippen LogP contribution is 2.09. The van der Waals surface area contributed by atoms with E-state index >= 15 is 0 Å². The first-order valence-electron chi connectivity index (χ1n) is 9.09. The van der Waals surface area contributed by atoms with Crippen LogP contribution in [0, 0.1) is 0 Å². The summed E-state index contributed by atoms with van der Waals surface area (Å²) in [5.74, 6) is 0.893. The van der Waals surface area contributed by atoms with Crippen LogP contribution in [0.4, 0.5) is 0 Å². The van der Waals surface area contributed by atoms with Crippen molar-refractivity contribution >= 4 is 29.9 Å². The highest BCUT2D eigenvalue weighted by atomic mass is 127. The topological polar surface area (TPSA) is 39.7 Å². The Kier molecular flexibility index (Phi) is 11.9. The SMILES string of the molecule is CN=C(NCCCCCN1CCCCC1)NCc1ccccc1.I. The first-order chi connectivity index (χ1) is 11.4. The fraction of sp³-hybridized carbons (Fsp3) is 0.632. The number of nitrogens with one attached hydrogen (secondary N) is 2. The third-order valence-electron chi connectivity index (χ3n) is 4.42. The van der Waals surface area contributed by atoms with Gasteiger partial charge in [-0.2, -0.15) is 0 Å². The average molecular weight is 444 g/mol. The van der Waals surface area contributed by atoms with Crippen molar-refractivity contribution < 1.29 is 0 Å². The standard InChI is InChI=1S/C19H32N4.HI/c1-20-19(22-17-18-11-5-2-6-12-18)21-13-7-3-8-14-23-15-9-4-10-16-23;/h2,5-6,11-12H,3-4,7-10,13-17H2,1H3,(H2,20,21,22);1H. The minimum Gasteiger partial charge on any atom is -0.356 e. The normalized spacial score (nSPS) is 15.6. The van der Waals surface area contributed by atoms with Gasteiger partial charge < -0.3 is 15.5 Å². The van der Waals surface area contributed by atoms with E-state index in [0.29, 0.717) is 0 Å². The lowest BCUT2D eigenvalue weighted by molar-refractivity contribution is 0.224. The van der Waals surface area contributed by atoms with E-state index in [2.05, 4.69) is 44.8 Å². The highest BCUT2D eigenvalue weighted by Gasteiger charge is 2.08. The number of hydrogen-bond acceptors (Lipinski definition) is 2. The summed E-state index contributed by atoms with van der Waals surface area (Å²) in [6.07, 6.45) is 8.03. The van der Waals surface area contributed by atoms with E-state index in [9.17, 15) is 0 Å². The van der Waals surface area contributed by atoms with Crippen LogP contribution in [-0.4, -0.2) is 44.1 Å². The van der Waals surface area contributed by atoms with Crippen molar-refractivity contribution in [2.24, 2.45) is 4.99 Å². The maximum Gasteiger partial charge on any atom is 0.191 e. The van der Waals surface area contributed by atoms with Gasteiger partial charge in [0, 0.05) is 20.1 Å². The van der Waals surface area contributed by atoms with Gasteiger partial charge in [0.2, 0.25) is 0 Å². The highest BCUT2D eigenvalue weighted by molar-refractivity contribution is 14.0. The van der Waals surface area contributed by atoms with Gasteiger partial charge in [-0.25, -0.2) is 0 Å². The molecule has 1 saturated heterocycles. The fourth-order valence-electron chi connectivity index (χ4n) is 3.03. The average Bonchev–Trinajstić information content (AvgIpc) is 2.62. The van der Waals surface area contributed by atoms with Crippen molar-refractivity contribution in [2.75, 3.05) is 33.2 Å². The quantitative estimate of drug-likeness (QED) is 0.279. The van der Waals surface area contributed by atoms with E-state index in [1.54, 1.807) is 0 Å². The number of guanidine groups is 1. The van der Waals surface area contributed by atoms with Crippen molar-refractivity contribution in [1.82, 2.24) is 15.5 Å². The lowest BCUT2D eigenvalue weighted by atomic mass is 10.1. The summed E-state index contributed by atoms with van der Waals surface area (Å²) in [5.41, 5.74) is 1.27. The Balaban J connectivity index is 0.00000288. The number of aliphatic imine (C=N–C) groups is 1. The molecule has 1 aromatic rings. The number of unbranched alkanes of at least 4 members (excludes halogenated alkanes) is 2. The summed E-state index contributed by atoms with van der Waals surface area (Å²) in [5, 5.41) is 6.76. The molecular weight excluding hydrogens is 411 g/mol. The molecule has 0 atom stereocenters. The summed E-state index contributed by atoms with van der Waals surface area (Å²) >= 11 is 0. The van der Waals surface area contributed by atoms with Gasteiger partial charge in [0.1, 0.15) is 0 Å². The molecule has 0 saturated carbocycles. The molecule has 0 spiro atoms. The van der Waals surface area contributed by atoms with Crippen molar-refractivity contribution in [3.63, 3.8) is 0 Å². The van der Waals surface area contributed by atoms with Crippen LogP contribution in [0.1, 0.15) is 44.1 Å². The number of nitrogens with zero attached hydrogens (tertiary/aromatic N) is 2. The van der Waals surface area contributed by atoms with Crippen molar-refractivity contribution in [3.05, 3.63) is 35.9 Å². The molecule has 0 bridgehead atoms. The minimum absolute atomic E-state index is 0. The Morgan fingerprint density at radius 3 is 2.46 bits per heavy atom.